The molecule has 0 atom stereocenters. The molecule has 1 aromatic heterocycles. The van der Waals surface area contributed by atoms with Crippen molar-refractivity contribution < 1.29 is 4.79 Å². The van der Waals surface area contributed by atoms with Crippen LogP contribution in [0.4, 0.5) is 11.4 Å². The molecule has 1 N–H and O–H groups in total. The van der Waals surface area contributed by atoms with Crippen LogP contribution in [0.5, 0.6) is 0 Å². The first-order valence-corrected chi connectivity index (χ1v) is 6.64. The van der Waals surface area contributed by atoms with Crippen LogP contribution in [0.3, 0.4) is 0 Å². The molecule has 21 heavy (non-hydrogen) atoms. The maximum Gasteiger partial charge on any atom is 0.276 e. The molecule has 2 rings (SSSR count). The van der Waals surface area contributed by atoms with Crippen LogP contribution in [0.1, 0.15) is 23.0 Å². The molecule has 1 heterocycles. The van der Waals surface area contributed by atoms with Gasteiger partial charge in [0.2, 0.25) is 0 Å². The number of hydrogen-bond donors (Lipinski definition) is 1. The fourth-order valence-corrected chi connectivity index (χ4v) is 2.00. The largest absolute Gasteiger partial charge is 0.385 e. The number of carbonyl (C=O) groups excluding carboxylic acids is 1. The Kier molecular flexibility index (Phi) is 4.52. The molecule has 0 aliphatic rings. The van der Waals surface area contributed by atoms with E-state index in [1.165, 1.54) is 4.90 Å². The number of amides is 1. The Hall–Kier alpha value is -2.87. The highest BCUT2D eigenvalue weighted by molar-refractivity contribution is 6.05. The zero-order valence-electron chi connectivity index (χ0n) is 12.0. The second-order valence-corrected chi connectivity index (χ2v) is 4.45. The van der Waals surface area contributed by atoms with Gasteiger partial charge in [0.05, 0.1) is 11.3 Å². The van der Waals surface area contributed by atoms with Gasteiger partial charge >= 0.3 is 0 Å². The molecule has 5 heteroatoms. The Labute approximate surface area is 123 Å². The number of carbonyl (C=O) groups is 1. The number of benzene rings is 1. The van der Waals surface area contributed by atoms with Gasteiger partial charge in [-0.1, -0.05) is 12.1 Å². The van der Waals surface area contributed by atoms with Crippen molar-refractivity contribution in [1.29, 1.82) is 5.26 Å². The lowest BCUT2D eigenvalue weighted by molar-refractivity contribution is 0.0988. The summed E-state index contributed by atoms with van der Waals surface area (Å²) < 4.78 is 0. The van der Waals surface area contributed by atoms with E-state index in [1.54, 1.807) is 43.6 Å². The van der Waals surface area contributed by atoms with Crippen molar-refractivity contribution in [2.75, 3.05) is 23.8 Å². The van der Waals surface area contributed by atoms with E-state index in [1.807, 2.05) is 13.0 Å². The van der Waals surface area contributed by atoms with Crippen LogP contribution in [0.2, 0.25) is 0 Å². The zero-order valence-corrected chi connectivity index (χ0v) is 12.0. The van der Waals surface area contributed by atoms with Gasteiger partial charge in [0.25, 0.3) is 5.91 Å². The lowest BCUT2D eigenvalue weighted by Gasteiger charge is -2.18. The van der Waals surface area contributed by atoms with Crippen LogP contribution < -0.4 is 10.2 Å². The Morgan fingerprint density at radius 3 is 2.86 bits per heavy atom. The first kappa shape index (κ1) is 14.5. The minimum atomic E-state index is -0.252. The second-order valence-electron chi connectivity index (χ2n) is 4.45. The van der Waals surface area contributed by atoms with E-state index in [9.17, 15) is 4.79 Å². The van der Waals surface area contributed by atoms with Crippen LogP contribution in [0.15, 0.2) is 42.6 Å². The quantitative estimate of drug-likeness (QED) is 0.934. The van der Waals surface area contributed by atoms with E-state index in [0.717, 1.165) is 12.2 Å². The summed E-state index contributed by atoms with van der Waals surface area (Å²) in [5, 5.41) is 12.3. The molecule has 2 aromatic rings. The molecule has 1 amide bonds. The van der Waals surface area contributed by atoms with Crippen molar-refractivity contribution in [3.8, 4) is 6.07 Å². The minimum absolute atomic E-state index is 0.252. The van der Waals surface area contributed by atoms with E-state index in [2.05, 4.69) is 16.4 Å². The van der Waals surface area contributed by atoms with Crippen LogP contribution in [0, 0.1) is 11.3 Å². The van der Waals surface area contributed by atoms with E-state index >= 15 is 0 Å². The van der Waals surface area contributed by atoms with Gasteiger partial charge in [0.15, 0.2) is 0 Å². The molecular formula is C16H16N4O. The monoisotopic (exact) mass is 280 g/mol. The number of nitrogens with zero attached hydrogens (tertiary/aromatic N) is 3. The van der Waals surface area contributed by atoms with Gasteiger partial charge in [-0.15, -0.1) is 0 Å². The molecule has 0 unspecified atom stereocenters. The third-order valence-electron chi connectivity index (χ3n) is 3.05. The Morgan fingerprint density at radius 1 is 1.38 bits per heavy atom. The van der Waals surface area contributed by atoms with Crippen LogP contribution in [-0.4, -0.2) is 24.5 Å². The van der Waals surface area contributed by atoms with Gasteiger partial charge in [-0.25, -0.2) is 0 Å². The first-order chi connectivity index (χ1) is 10.2. The molecule has 0 radical (unpaired) electrons. The summed E-state index contributed by atoms with van der Waals surface area (Å²) in [6.07, 6.45) is 1.59. The zero-order chi connectivity index (χ0) is 15.2. The fraction of sp³-hybridized carbons (Fsp3) is 0.188. The average Bonchev–Trinajstić information content (AvgIpc) is 2.54. The lowest BCUT2D eigenvalue weighted by Crippen LogP contribution is -2.27. The predicted octanol–water partition coefficient (Wildman–Crippen LogP) is 2.66. The lowest BCUT2D eigenvalue weighted by atomic mass is 10.1. The normalized spacial score (nSPS) is 9.76. The Bertz CT molecular complexity index is 691. The predicted molar refractivity (Wildman–Crippen MR) is 82.3 cm³/mol. The molecule has 0 fully saturated rings. The number of nitriles is 1. The molecule has 5 nitrogen and oxygen atoms in total. The van der Waals surface area contributed by atoms with E-state index in [-0.39, 0.29) is 5.91 Å². The number of para-hydroxylation sites is 1. The third kappa shape index (κ3) is 3.18. The van der Waals surface area contributed by atoms with Gasteiger partial charge in [-0.2, -0.15) is 5.26 Å². The van der Waals surface area contributed by atoms with Gasteiger partial charge in [0.1, 0.15) is 11.8 Å². The fourth-order valence-electron chi connectivity index (χ4n) is 2.00. The SMILES string of the molecule is CCNc1ccnc(C(=O)N(C)c2ccccc2C#N)c1. The maximum absolute atomic E-state index is 12.5. The standard InChI is InChI=1S/C16H16N4O/c1-3-18-13-8-9-19-14(10-13)16(21)20(2)15-7-5-4-6-12(15)11-17/h4-10H,3H2,1-2H3,(H,18,19). The topological polar surface area (TPSA) is 69.0 Å². The van der Waals surface area contributed by atoms with Crippen LogP contribution in [0.25, 0.3) is 0 Å². The van der Waals surface area contributed by atoms with Crippen molar-refractivity contribution in [3.63, 3.8) is 0 Å². The van der Waals surface area contributed by atoms with Crippen molar-refractivity contribution >= 4 is 17.3 Å². The van der Waals surface area contributed by atoms with Gasteiger partial charge < -0.3 is 10.2 Å². The highest BCUT2D eigenvalue weighted by Crippen LogP contribution is 2.20. The highest BCUT2D eigenvalue weighted by atomic mass is 16.2. The maximum atomic E-state index is 12.5. The summed E-state index contributed by atoms with van der Waals surface area (Å²) >= 11 is 0. The van der Waals surface area contributed by atoms with Crippen molar-refractivity contribution in [1.82, 2.24) is 4.98 Å². The summed E-state index contributed by atoms with van der Waals surface area (Å²) in [7, 11) is 1.64. The van der Waals surface area contributed by atoms with Gasteiger partial charge in [0, 0.05) is 25.5 Å². The number of hydrogen-bond acceptors (Lipinski definition) is 4. The summed E-state index contributed by atoms with van der Waals surface area (Å²) in [5.41, 5.74) is 2.21. The number of anilines is 2. The summed E-state index contributed by atoms with van der Waals surface area (Å²) in [6.45, 7) is 2.75. The molecule has 1 aromatic carbocycles. The minimum Gasteiger partial charge on any atom is -0.385 e. The molecule has 0 aliphatic heterocycles. The van der Waals surface area contributed by atoms with Crippen molar-refractivity contribution in [2.24, 2.45) is 0 Å². The molecule has 0 saturated carbocycles. The second kappa shape index (κ2) is 6.53. The number of nitrogens with one attached hydrogen (secondary N) is 1. The van der Waals surface area contributed by atoms with Crippen molar-refractivity contribution in [2.45, 2.75) is 6.92 Å². The van der Waals surface area contributed by atoms with Crippen LogP contribution >= 0.6 is 0 Å². The summed E-state index contributed by atoms with van der Waals surface area (Å²) in [4.78, 5) is 18.0. The average molecular weight is 280 g/mol. The smallest absolute Gasteiger partial charge is 0.276 e. The molecule has 0 bridgehead atoms. The van der Waals surface area contributed by atoms with Gasteiger partial charge in [-0.3, -0.25) is 9.78 Å². The summed E-state index contributed by atoms with van der Waals surface area (Å²) in [5.74, 6) is -0.252. The van der Waals surface area contributed by atoms with Crippen molar-refractivity contribution in [3.05, 3.63) is 53.9 Å². The number of pyridine rings is 1. The highest BCUT2D eigenvalue weighted by Gasteiger charge is 2.17. The summed E-state index contributed by atoms with van der Waals surface area (Å²) in [6, 6.07) is 12.6. The Balaban J connectivity index is 2.31. The number of rotatable bonds is 4. The number of aromatic nitrogens is 1. The molecule has 0 aliphatic carbocycles. The molecule has 0 saturated heterocycles. The molecular weight excluding hydrogens is 264 g/mol. The third-order valence-corrected chi connectivity index (χ3v) is 3.05. The van der Waals surface area contributed by atoms with Gasteiger partial charge in [-0.05, 0) is 31.2 Å². The Morgan fingerprint density at radius 2 is 2.14 bits per heavy atom. The van der Waals surface area contributed by atoms with E-state index in [0.29, 0.717) is 16.9 Å². The molecule has 0 spiro atoms. The van der Waals surface area contributed by atoms with Crippen LogP contribution in [-0.2, 0) is 0 Å². The van der Waals surface area contributed by atoms with E-state index < -0.39 is 0 Å². The molecule has 106 valence electrons. The van der Waals surface area contributed by atoms with E-state index in [4.69, 9.17) is 5.26 Å². The first-order valence-electron chi connectivity index (χ1n) is 6.64.